The van der Waals surface area contributed by atoms with Crippen molar-refractivity contribution in [1.29, 1.82) is 0 Å². The summed E-state index contributed by atoms with van der Waals surface area (Å²) in [6, 6.07) is 1.99. The van der Waals surface area contributed by atoms with Gasteiger partial charge in [0, 0.05) is 39.6 Å². The van der Waals surface area contributed by atoms with Crippen molar-refractivity contribution < 1.29 is 24.6 Å². The molecule has 0 saturated heterocycles. The molecule has 0 aromatic carbocycles. The van der Waals surface area contributed by atoms with Gasteiger partial charge in [-0.05, 0) is 33.3 Å². The van der Waals surface area contributed by atoms with Crippen LogP contribution in [0.3, 0.4) is 0 Å². The number of rotatable bonds is 6. The third kappa shape index (κ3) is 7.13. The lowest BCUT2D eigenvalue weighted by Crippen LogP contribution is -2.02. The van der Waals surface area contributed by atoms with Gasteiger partial charge < -0.3 is 15.2 Å². The molecular formula is C17H20N2O5S. The summed E-state index contributed by atoms with van der Waals surface area (Å²) in [5.41, 5.74) is 2.92. The van der Waals surface area contributed by atoms with Crippen LogP contribution in [0.5, 0.6) is 0 Å². The minimum absolute atomic E-state index is 0.217. The molecule has 134 valence electrons. The van der Waals surface area contributed by atoms with Crippen molar-refractivity contribution in [3.63, 3.8) is 0 Å². The van der Waals surface area contributed by atoms with Crippen LogP contribution in [0, 0.1) is 20.8 Å². The number of hydrogen-bond donors (Lipinski definition) is 3. The summed E-state index contributed by atoms with van der Waals surface area (Å²) in [6.07, 6.45) is 4.03. The Morgan fingerprint density at radius 1 is 1.16 bits per heavy atom. The summed E-state index contributed by atoms with van der Waals surface area (Å²) in [7, 11) is 0. The number of aliphatic carboxylic acids is 2. The average molecular weight is 364 g/mol. The van der Waals surface area contributed by atoms with Gasteiger partial charge in [0.2, 0.25) is 0 Å². The number of aryl methyl sites for hydroxylation is 4. The second-order valence-electron chi connectivity index (χ2n) is 5.23. The lowest BCUT2D eigenvalue weighted by molar-refractivity contribution is -0.134. The highest BCUT2D eigenvalue weighted by molar-refractivity contribution is 7.12. The lowest BCUT2D eigenvalue weighted by Gasteiger charge is -1.99. The van der Waals surface area contributed by atoms with Gasteiger partial charge in [0.25, 0.3) is 0 Å². The fraction of sp³-hybridized carbons (Fsp3) is 0.294. The molecule has 0 aliphatic rings. The van der Waals surface area contributed by atoms with Gasteiger partial charge in [-0.25, -0.2) is 14.6 Å². The molecule has 0 radical (unpaired) electrons. The molecule has 2 aromatic heterocycles. The van der Waals surface area contributed by atoms with Crippen LogP contribution in [0.2, 0.25) is 0 Å². The molecule has 0 aliphatic carbocycles. The number of ketones is 1. The summed E-state index contributed by atoms with van der Waals surface area (Å²) < 4.78 is 0. The molecule has 8 heteroatoms. The van der Waals surface area contributed by atoms with Crippen molar-refractivity contribution in [3.05, 3.63) is 51.3 Å². The van der Waals surface area contributed by atoms with Crippen molar-refractivity contribution in [2.24, 2.45) is 0 Å². The van der Waals surface area contributed by atoms with Gasteiger partial charge in [0.05, 0.1) is 12.0 Å². The number of carboxylic acids is 2. The highest BCUT2D eigenvalue weighted by atomic mass is 32.1. The van der Waals surface area contributed by atoms with Gasteiger partial charge in [0.1, 0.15) is 0 Å². The molecule has 0 spiro atoms. The first-order chi connectivity index (χ1) is 11.7. The van der Waals surface area contributed by atoms with Crippen LogP contribution in [-0.4, -0.2) is 37.9 Å². The smallest absolute Gasteiger partial charge is 0.328 e. The van der Waals surface area contributed by atoms with Crippen LogP contribution in [0.1, 0.15) is 37.9 Å². The fourth-order valence-corrected chi connectivity index (χ4v) is 3.00. The molecule has 2 heterocycles. The fourth-order valence-electron chi connectivity index (χ4n) is 2.06. The molecule has 7 nitrogen and oxygen atoms in total. The second-order valence-corrected chi connectivity index (χ2v) is 6.69. The van der Waals surface area contributed by atoms with Gasteiger partial charge in [-0.1, -0.05) is 0 Å². The monoisotopic (exact) mass is 364 g/mol. The zero-order valence-corrected chi connectivity index (χ0v) is 15.0. The van der Waals surface area contributed by atoms with Crippen LogP contribution < -0.4 is 0 Å². The van der Waals surface area contributed by atoms with Crippen LogP contribution in [-0.2, 0) is 16.0 Å². The number of carboxylic acid groups (broad SMARTS) is 2. The summed E-state index contributed by atoms with van der Waals surface area (Å²) >= 11 is 1.68. The zero-order valence-electron chi connectivity index (χ0n) is 14.2. The number of aromatic nitrogens is 2. The van der Waals surface area contributed by atoms with Crippen molar-refractivity contribution >= 4 is 29.1 Å². The standard InChI is InChI=1S/C13H16N2OS.C4H4O4/c1-8-6-11(10(3)17-8)13(16)5-4-12-9(2)14-7-15-12;5-3(6)1-2-4(7)8/h6-7H,4-5H2,1-3H3,(H,14,15);1-2H,(H,5,6)(H,7,8). The number of nitrogens with one attached hydrogen (secondary N) is 1. The second kappa shape index (κ2) is 9.53. The number of nitrogens with zero attached hydrogens (tertiary/aromatic N) is 1. The van der Waals surface area contributed by atoms with Gasteiger partial charge in [-0.2, -0.15) is 0 Å². The highest BCUT2D eigenvalue weighted by Gasteiger charge is 2.13. The van der Waals surface area contributed by atoms with Crippen LogP contribution in [0.25, 0.3) is 0 Å². The molecule has 0 atom stereocenters. The number of hydrogen-bond acceptors (Lipinski definition) is 5. The van der Waals surface area contributed by atoms with Crippen LogP contribution in [0.4, 0.5) is 0 Å². The van der Waals surface area contributed by atoms with Crippen molar-refractivity contribution in [1.82, 2.24) is 9.97 Å². The van der Waals surface area contributed by atoms with Gasteiger partial charge in [-0.15, -0.1) is 11.3 Å². The van der Waals surface area contributed by atoms with Crippen molar-refractivity contribution in [3.8, 4) is 0 Å². The molecular weight excluding hydrogens is 344 g/mol. The normalized spacial score (nSPS) is 10.4. The first-order valence-electron chi connectivity index (χ1n) is 7.43. The Labute approximate surface area is 149 Å². The maximum Gasteiger partial charge on any atom is 0.328 e. The summed E-state index contributed by atoms with van der Waals surface area (Å²) in [4.78, 5) is 40.7. The quantitative estimate of drug-likeness (QED) is 0.535. The third-order valence-electron chi connectivity index (χ3n) is 3.23. The molecule has 0 unspecified atom stereocenters. The summed E-state index contributed by atoms with van der Waals surface area (Å²) in [5, 5.41) is 15.6. The number of carbonyl (C=O) groups excluding carboxylic acids is 1. The molecule has 0 fully saturated rings. The van der Waals surface area contributed by atoms with Gasteiger partial charge in [0.15, 0.2) is 5.78 Å². The number of thiophene rings is 1. The van der Waals surface area contributed by atoms with E-state index in [0.717, 1.165) is 21.8 Å². The minimum Gasteiger partial charge on any atom is -0.478 e. The van der Waals surface area contributed by atoms with E-state index in [-0.39, 0.29) is 5.78 Å². The van der Waals surface area contributed by atoms with E-state index in [1.165, 1.54) is 4.88 Å². The van der Waals surface area contributed by atoms with Crippen LogP contribution in [0.15, 0.2) is 24.5 Å². The predicted molar refractivity (Wildman–Crippen MR) is 94.2 cm³/mol. The first-order valence-corrected chi connectivity index (χ1v) is 8.25. The number of H-pyrrole nitrogens is 1. The average Bonchev–Trinajstić information content (AvgIpc) is 3.08. The number of carbonyl (C=O) groups is 3. The number of aromatic amines is 1. The SMILES string of the molecule is Cc1cc(C(=O)CCc2nc[nH]c2C)c(C)s1.O=C(O)C=CC(=O)O. The summed E-state index contributed by atoms with van der Waals surface area (Å²) in [6.45, 7) is 6.02. The minimum atomic E-state index is -1.26. The zero-order chi connectivity index (χ0) is 19.0. The maximum atomic E-state index is 12.1. The maximum absolute atomic E-state index is 12.1. The van der Waals surface area contributed by atoms with Crippen molar-refractivity contribution in [2.45, 2.75) is 33.6 Å². The van der Waals surface area contributed by atoms with E-state index in [0.29, 0.717) is 25.0 Å². The first kappa shape index (κ1) is 20.3. The largest absolute Gasteiger partial charge is 0.478 e. The predicted octanol–water partition coefficient (Wildman–Crippen LogP) is 2.92. The Hall–Kier alpha value is -2.74. The van der Waals surface area contributed by atoms with Gasteiger partial charge >= 0.3 is 11.9 Å². The Kier molecular flexibility index (Phi) is 7.74. The van der Waals surface area contributed by atoms with E-state index in [4.69, 9.17) is 10.2 Å². The Morgan fingerprint density at radius 3 is 2.16 bits per heavy atom. The molecule has 3 N–H and O–H groups in total. The molecule has 0 amide bonds. The Morgan fingerprint density at radius 2 is 1.76 bits per heavy atom. The van der Waals surface area contributed by atoms with E-state index in [2.05, 4.69) is 9.97 Å². The molecule has 0 aliphatic heterocycles. The topological polar surface area (TPSA) is 120 Å². The Balaban J connectivity index is 0.000000333. The van der Waals surface area contributed by atoms with E-state index < -0.39 is 11.9 Å². The highest BCUT2D eigenvalue weighted by Crippen LogP contribution is 2.22. The molecule has 0 bridgehead atoms. The lowest BCUT2D eigenvalue weighted by atomic mass is 10.1. The van der Waals surface area contributed by atoms with E-state index >= 15 is 0 Å². The van der Waals surface area contributed by atoms with Crippen molar-refractivity contribution in [2.75, 3.05) is 0 Å². The Bertz CT molecular complexity index is 773. The molecule has 0 saturated carbocycles. The van der Waals surface area contributed by atoms with E-state index in [9.17, 15) is 14.4 Å². The van der Waals surface area contributed by atoms with E-state index in [1.807, 2.05) is 26.8 Å². The third-order valence-corrected chi connectivity index (χ3v) is 4.20. The summed E-state index contributed by atoms with van der Waals surface area (Å²) in [5.74, 6) is -2.30. The number of imidazole rings is 1. The number of Topliss-reactive ketones (excluding diaryl/α,β-unsaturated/α-hetero) is 1. The van der Waals surface area contributed by atoms with E-state index in [1.54, 1.807) is 17.7 Å². The van der Waals surface area contributed by atoms with Crippen LogP contribution >= 0.6 is 11.3 Å². The molecule has 25 heavy (non-hydrogen) atoms. The molecule has 2 rings (SSSR count). The molecule has 2 aromatic rings. The van der Waals surface area contributed by atoms with Gasteiger partial charge in [-0.3, -0.25) is 4.79 Å².